The van der Waals surface area contributed by atoms with E-state index in [0.29, 0.717) is 6.42 Å². The third-order valence-corrected chi connectivity index (χ3v) is 9.35. The van der Waals surface area contributed by atoms with Crippen LogP contribution in [0, 0.1) is 0 Å². The number of unbranched alkanes of at least 4 members (excludes halogenated alkanes) is 24. The molecule has 0 radical (unpaired) electrons. The molecule has 0 saturated carbocycles. The van der Waals surface area contributed by atoms with Gasteiger partial charge in [-0.1, -0.05) is 180 Å². The minimum atomic E-state index is -4.42. The van der Waals surface area contributed by atoms with Crippen LogP contribution in [0.4, 0.5) is 0 Å². The number of hydrogen-bond donors (Lipinski definition) is 4. The zero-order valence-corrected chi connectivity index (χ0v) is 29.5. The van der Waals surface area contributed by atoms with Gasteiger partial charge in [-0.25, -0.2) is 0 Å². The van der Waals surface area contributed by atoms with Crippen molar-refractivity contribution >= 4 is 16.0 Å². The molecule has 0 aliphatic rings. The summed E-state index contributed by atoms with van der Waals surface area (Å²) < 4.78 is 32.1. The van der Waals surface area contributed by atoms with Gasteiger partial charge < -0.3 is 15.5 Å². The molecule has 3 atom stereocenters. The van der Waals surface area contributed by atoms with E-state index in [1.54, 1.807) is 6.08 Å². The van der Waals surface area contributed by atoms with Gasteiger partial charge >= 0.3 is 0 Å². The molecule has 0 aromatic heterocycles. The highest BCUT2D eigenvalue weighted by Crippen LogP contribution is 2.16. The van der Waals surface area contributed by atoms with Crippen molar-refractivity contribution in [1.82, 2.24) is 5.32 Å². The maximum Gasteiger partial charge on any atom is 0.267 e. The molecule has 8 heteroatoms. The number of amides is 1. The molecule has 0 fully saturated rings. The Balaban J connectivity index is 3.82. The first-order chi connectivity index (χ1) is 21.2. The van der Waals surface area contributed by atoms with Gasteiger partial charge in [-0.15, -0.1) is 0 Å². The number of carbonyl (C=O) groups is 1. The Morgan fingerprint density at radius 2 is 0.977 bits per heavy atom. The van der Waals surface area contributed by atoms with E-state index in [2.05, 4.69) is 19.2 Å². The highest BCUT2D eigenvalue weighted by atomic mass is 32.2. The van der Waals surface area contributed by atoms with Gasteiger partial charge in [0.25, 0.3) is 10.1 Å². The number of allylic oxidation sites excluding steroid dienone is 1. The van der Waals surface area contributed by atoms with Crippen molar-refractivity contribution in [1.29, 1.82) is 0 Å². The first-order valence-electron chi connectivity index (χ1n) is 18.5. The lowest BCUT2D eigenvalue weighted by Crippen LogP contribution is -2.50. The lowest BCUT2D eigenvalue weighted by Gasteiger charge is -2.22. The summed E-state index contributed by atoms with van der Waals surface area (Å²) in [7, 11) is -4.42. The van der Waals surface area contributed by atoms with Crippen LogP contribution >= 0.6 is 0 Å². The Bertz CT molecular complexity index is 773. The molecule has 3 unspecified atom stereocenters. The van der Waals surface area contributed by atoms with Gasteiger partial charge in [0.2, 0.25) is 5.91 Å². The molecule has 0 bridgehead atoms. The van der Waals surface area contributed by atoms with Gasteiger partial charge in [-0.05, 0) is 19.3 Å². The SMILES string of the molecule is CCCCCC/C=C/C(O)C(CS(=O)(=O)O)NC(=O)C(O)CCCCCCCCCCCCCCCCCCCCCCC. The van der Waals surface area contributed by atoms with Crippen LogP contribution in [0.15, 0.2) is 12.2 Å². The van der Waals surface area contributed by atoms with E-state index >= 15 is 0 Å². The lowest BCUT2D eigenvalue weighted by atomic mass is 10.0. The van der Waals surface area contributed by atoms with Crippen molar-refractivity contribution in [3.05, 3.63) is 12.2 Å². The molecule has 0 aromatic rings. The number of rotatable bonds is 33. The van der Waals surface area contributed by atoms with Crippen molar-refractivity contribution in [2.45, 2.75) is 205 Å². The number of carbonyl (C=O) groups excluding carboxylic acids is 1. The van der Waals surface area contributed by atoms with E-state index in [-0.39, 0.29) is 6.42 Å². The average Bonchev–Trinajstić information content (AvgIpc) is 2.98. The summed E-state index contributed by atoms with van der Waals surface area (Å²) in [5.74, 6) is -1.53. The fourth-order valence-electron chi connectivity index (χ4n) is 5.69. The van der Waals surface area contributed by atoms with Gasteiger partial charge in [-0.3, -0.25) is 9.35 Å². The second-order valence-electron chi connectivity index (χ2n) is 13.0. The second kappa shape index (κ2) is 30.7. The molecular formula is C36H71NO6S. The van der Waals surface area contributed by atoms with Crippen LogP contribution in [0.5, 0.6) is 0 Å². The minimum absolute atomic E-state index is 0.285. The first kappa shape index (κ1) is 43.0. The van der Waals surface area contributed by atoms with Gasteiger partial charge in [0.1, 0.15) is 6.10 Å². The summed E-state index contributed by atoms with van der Waals surface area (Å²) in [6, 6.07) is -1.22. The summed E-state index contributed by atoms with van der Waals surface area (Å²) in [6.45, 7) is 4.40. The van der Waals surface area contributed by atoms with E-state index in [4.69, 9.17) is 0 Å². The lowest BCUT2D eigenvalue weighted by molar-refractivity contribution is -0.130. The number of nitrogens with one attached hydrogen (secondary N) is 1. The van der Waals surface area contributed by atoms with E-state index < -0.39 is 40.0 Å². The number of aliphatic hydroxyl groups excluding tert-OH is 2. The molecule has 0 heterocycles. The largest absolute Gasteiger partial charge is 0.387 e. The van der Waals surface area contributed by atoms with Crippen molar-refractivity contribution < 1.29 is 28.0 Å². The van der Waals surface area contributed by atoms with Crippen LogP contribution in [0.1, 0.15) is 187 Å². The predicted octanol–water partition coefficient (Wildman–Crippen LogP) is 9.21. The summed E-state index contributed by atoms with van der Waals surface area (Å²) in [5, 5.41) is 23.1. The summed E-state index contributed by atoms with van der Waals surface area (Å²) in [6.07, 6.45) is 33.2. The third-order valence-electron chi connectivity index (χ3n) is 8.57. The molecule has 0 spiro atoms. The Morgan fingerprint density at radius 1 is 0.614 bits per heavy atom. The van der Waals surface area contributed by atoms with Crippen LogP contribution < -0.4 is 5.32 Å². The predicted molar refractivity (Wildman–Crippen MR) is 186 cm³/mol. The highest BCUT2D eigenvalue weighted by Gasteiger charge is 2.27. The number of hydrogen-bond acceptors (Lipinski definition) is 5. The molecule has 262 valence electrons. The summed E-state index contributed by atoms with van der Waals surface area (Å²) in [5.41, 5.74) is 0. The van der Waals surface area contributed by atoms with Gasteiger partial charge in [0.15, 0.2) is 0 Å². The van der Waals surface area contributed by atoms with Crippen LogP contribution in [0.25, 0.3) is 0 Å². The Kier molecular flexibility index (Phi) is 30.0. The van der Waals surface area contributed by atoms with Crippen LogP contribution in [0.3, 0.4) is 0 Å². The molecule has 0 saturated heterocycles. The highest BCUT2D eigenvalue weighted by molar-refractivity contribution is 7.85. The van der Waals surface area contributed by atoms with Crippen molar-refractivity contribution in [3.63, 3.8) is 0 Å². The van der Waals surface area contributed by atoms with E-state index in [0.717, 1.165) is 51.4 Å². The van der Waals surface area contributed by atoms with Crippen LogP contribution in [0.2, 0.25) is 0 Å². The van der Waals surface area contributed by atoms with Gasteiger partial charge in [-0.2, -0.15) is 8.42 Å². The molecule has 0 aliphatic heterocycles. The van der Waals surface area contributed by atoms with Crippen LogP contribution in [-0.2, 0) is 14.9 Å². The third kappa shape index (κ3) is 29.7. The van der Waals surface area contributed by atoms with E-state index in [9.17, 15) is 28.0 Å². The maximum atomic E-state index is 12.5. The molecular weight excluding hydrogens is 574 g/mol. The first-order valence-corrected chi connectivity index (χ1v) is 20.1. The molecule has 0 aromatic carbocycles. The number of aliphatic hydroxyl groups is 2. The average molecular weight is 646 g/mol. The van der Waals surface area contributed by atoms with Crippen molar-refractivity contribution in [3.8, 4) is 0 Å². The van der Waals surface area contributed by atoms with Gasteiger partial charge in [0, 0.05) is 0 Å². The van der Waals surface area contributed by atoms with E-state index in [1.165, 1.54) is 115 Å². The fraction of sp³-hybridized carbons (Fsp3) is 0.917. The second-order valence-corrected chi connectivity index (χ2v) is 14.5. The van der Waals surface area contributed by atoms with Crippen molar-refractivity contribution in [2.75, 3.05) is 5.75 Å². The Hall–Kier alpha value is -0.960. The quantitative estimate of drug-likeness (QED) is 0.0320. The molecule has 0 aliphatic carbocycles. The molecule has 0 rings (SSSR count). The molecule has 44 heavy (non-hydrogen) atoms. The monoisotopic (exact) mass is 646 g/mol. The fourth-order valence-corrected chi connectivity index (χ4v) is 6.43. The summed E-state index contributed by atoms with van der Waals surface area (Å²) >= 11 is 0. The van der Waals surface area contributed by atoms with Crippen LogP contribution in [-0.4, -0.2) is 53.1 Å². The van der Waals surface area contributed by atoms with Gasteiger partial charge in [0.05, 0.1) is 17.9 Å². The topological polar surface area (TPSA) is 124 Å². The Labute approximate surface area is 272 Å². The standard InChI is InChI=1S/C36H71NO6S/c1-3-5-7-9-11-12-13-14-15-16-17-18-19-20-21-22-23-24-25-27-29-31-35(39)36(40)37-33(32-44(41,42)43)34(38)30-28-26-10-8-6-4-2/h28,30,33-35,38-39H,3-27,29,31-32H2,1-2H3,(H,37,40)(H,41,42,43)/b30-28+. The Morgan fingerprint density at radius 3 is 1.36 bits per heavy atom. The van der Waals surface area contributed by atoms with Crippen molar-refractivity contribution in [2.24, 2.45) is 0 Å². The zero-order chi connectivity index (χ0) is 32.7. The molecule has 4 N–H and O–H groups in total. The minimum Gasteiger partial charge on any atom is -0.387 e. The molecule has 7 nitrogen and oxygen atoms in total. The normalized spacial score (nSPS) is 14.2. The smallest absolute Gasteiger partial charge is 0.267 e. The molecule has 1 amide bonds. The summed E-state index contributed by atoms with van der Waals surface area (Å²) in [4.78, 5) is 12.5. The zero-order valence-electron chi connectivity index (χ0n) is 28.7. The maximum absolute atomic E-state index is 12.5. The van der Waals surface area contributed by atoms with E-state index in [1.807, 2.05) is 0 Å².